The molecule has 1 saturated heterocycles. The van der Waals surface area contributed by atoms with Gasteiger partial charge in [-0.2, -0.15) is 0 Å². The van der Waals surface area contributed by atoms with Gasteiger partial charge in [0.2, 0.25) is 0 Å². The normalized spacial score (nSPS) is 23.4. The van der Waals surface area contributed by atoms with Crippen molar-refractivity contribution in [3.8, 4) is 0 Å². The van der Waals surface area contributed by atoms with Gasteiger partial charge in [0, 0.05) is 20.2 Å². The number of anilines is 1. The molecule has 1 atom stereocenters. The van der Waals surface area contributed by atoms with Crippen LogP contribution in [0.1, 0.15) is 35.7 Å². The molecule has 1 aromatic rings. The van der Waals surface area contributed by atoms with Crippen LogP contribution in [0, 0.1) is 6.92 Å². The molecular weight excluding hydrogens is 242 g/mol. The standard InChI is InChI=1S/C15H21NO3/c1-11-5-6-12(14(17)18)13(9-11)16-8-4-7-15(2,10-16)19-3/h5-6,9H,4,7-8,10H2,1-3H3,(H,17,18). The minimum absolute atomic E-state index is 0.197. The minimum atomic E-state index is -0.875. The van der Waals surface area contributed by atoms with E-state index in [0.29, 0.717) is 5.56 Å². The van der Waals surface area contributed by atoms with Crippen LogP contribution in [-0.2, 0) is 4.74 Å². The largest absolute Gasteiger partial charge is 0.478 e. The third-order valence-corrected chi connectivity index (χ3v) is 3.88. The lowest BCUT2D eigenvalue weighted by molar-refractivity contribution is -0.00472. The molecule has 0 spiro atoms. The maximum Gasteiger partial charge on any atom is 0.337 e. The van der Waals surface area contributed by atoms with Crippen LogP contribution in [0.3, 0.4) is 0 Å². The third kappa shape index (κ3) is 2.89. The van der Waals surface area contributed by atoms with Crippen molar-refractivity contribution in [2.24, 2.45) is 0 Å². The lowest BCUT2D eigenvalue weighted by Gasteiger charge is -2.41. The van der Waals surface area contributed by atoms with Crippen LogP contribution in [0.2, 0.25) is 0 Å². The van der Waals surface area contributed by atoms with Gasteiger partial charge in [0.05, 0.1) is 16.9 Å². The lowest BCUT2D eigenvalue weighted by atomic mass is 9.93. The SMILES string of the molecule is COC1(C)CCCN(c2cc(C)ccc2C(=O)O)C1. The summed E-state index contributed by atoms with van der Waals surface area (Å²) in [5.74, 6) is -0.875. The molecule has 1 fully saturated rings. The number of carboxylic acids is 1. The minimum Gasteiger partial charge on any atom is -0.478 e. The molecule has 0 radical (unpaired) electrons. The highest BCUT2D eigenvalue weighted by Gasteiger charge is 2.32. The predicted octanol–water partition coefficient (Wildman–Crippen LogP) is 2.70. The predicted molar refractivity (Wildman–Crippen MR) is 75.0 cm³/mol. The van der Waals surface area contributed by atoms with Crippen molar-refractivity contribution in [2.45, 2.75) is 32.3 Å². The lowest BCUT2D eigenvalue weighted by Crippen LogP contribution is -2.47. The van der Waals surface area contributed by atoms with E-state index in [0.717, 1.165) is 37.2 Å². The first-order valence-corrected chi connectivity index (χ1v) is 6.59. The number of piperidine rings is 1. The number of carbonyl (C=O) groups is 1. The van der Waals surface area contributed by atoms with Crippen molar-refractivity contribution in [1.82, 2.24) is 0 Å². The van der Waals surface area contributed by atoms with Crippen LogP contribution in [0.25, 0.3) is 0 Å². The fourth-order valence-corrected chi connectivity index (χ4v) is 2.66. The second-order valence-electron chi connectivity index (χ2n) is 5.50. The van der Waals surface area contributed by atoms with E-state index in [1.54, 1.807) is 13.2 Å². The van der Waals surface area contributed by atoms with Crippen molar-refractivity contribution >= 4 is 11.7 Å². The van der Waals surface area contributed by atoms with Gasteiger partial charge in [0.1, 0.15) is 0 Å². The molecule has 0 aromatic heterocycles. The summed E-state index contributed by atoms with van der Waals surface area (Å²) in [6.07, 6.45) is 2.02. The Hall–Kier alpha value is -1.55. The average Bonchev–Trinajstić information content (AvgIpc) is 2.38. The summed E-state index contributed by atoms with van der Waals surface area (Å²) < 4.78 is 5.57. The number of aromatic carboxylic acids is 1. The Balaban J connectivity index is 2.35. The molecular formula is C15H21NO3. The number of hydrogen-bond donors (Lipinski definition) is 1. The summed E-state index contributed by atoms with van der Waals surface area (Å²) >= 11 is 0. The van der Waals surface area contributed by atoms with Crippen LogP contribution >= 0.6 is 0 Å². The summed E-state index contributed by atoms with van der Waals surface area (Å²) in [5.41, 5.74) is 2.05. The molecule has 1 heterocycles. The number of hydrogen-bond acceptors (Lipinski definition) is 3. The van der Waals surface area contributed by atoms with Gasteiger partial charge in [-0.05, 0) is 44.4 Å². The number of nitrogens with zero attached hydrogens (tertiary/aromatic N) is 1. The first-order chi connectivity index (χ1) is 8.95. The molecule has 19 heavy (non-hydrogen) atoms. The van der Waals surface area contributed by atoms with Gasteiger partial charge >= 0.3 is 5.97 Å². The first kappa shape index (κ1) is 13.9. The zero-order valence-corrected chi connectivity index (χ0v) is 11.8. The van der Waals surface area contributed by atoms with Crippen molar-refractivity contribution < 1.29 is 14.6 Å². The Morgan fingerprint density at radius 3 is 2.84 bits per heavy atom. The summed E-state index contributed by atoms with van der Waals surface area (Å²) in [6.45, 7) is 5.67. The molecule has 0 saturated carbocycles. The van der Waals surface area contributed by atoms with Gasteiger partial charge in [-0.1, -0.05) is 6.07 Å². The van der Waals surface area contributed by atoms with Crippen molar-refractivity contribution in [1.29, 1.82) is 0 Å². The number of rotatable bonds is 3. The van der Waals surface area contributed by atoms with Gasteiger partial charge in [0.15, 0.2) is 0 Å². The monoisotopic (exact) mass is 263 g/mol. The smallest absolute Gasteiger partial charge is 0.337 e. The van der Waals surface area contributed by atoms with Crippen LogP contribution in [-0.4, -0.2) is 36.9 Å². The second-order valence-corrected chi connectivity index (χ2v) is 5.50. The molecule has 0 amide bonds. The number of aryl methyl sites for hydroxylation is 1. The molecule has 4 heteroatoms. The average molecular weight is 263 g/mol. The van der Waals surface area contributed by atoms with Crippen molar-refractivity contribution in [3.05, 3.63) is 29.3 Å². The zero-order chi connectivity index (χ0) is 14.0. The summed E-state index contributed by atoms with van der Waals surface area (Å²) in [7, 11) is 1.72. The van der Waals surface area contributed by atoms with E-state index in [1.165, 1.54) is 0 Å². The second kappa shape index (κ2) is 5.21. The summed E-state index contributed by atoms with van der Waals surface area (Å²) in [6, 6.07) is 5.48. The highest BCUT2D eigenvalue weighted by atomic mass is 16.5. The molecule has 1 aliphatic rings. The van der Waals surface area contributed by atoms with E-state index in [2.05, 4.69) is 11.8 Å². The topological polar surface area (TPSA) is 49.8 Å². The van der Waals surface area contributed by atoms with Crippen LogP contribution in [0.4, 0.5) is 5.69 Å². The molecule has 2 rings (SSSR count). The van der Waals surface area contributed by atoms with Crippen molar-refractivity contribution in [2.75, 3.05) is 25.1 Å². The van der Waals surface area contributed by atoms with E-state index in [4.69, 9.17) is 4.74 Å². The van der Waals surface area contributed by atoms with E-state index < -0.39 is 5.97 Å². The van der Waals surface area contributed by atoms with E-state index in [-0.39, 0.29) is 5.60 Å². The first-order valence-electron chi connectivity index (χ1n) is 6.59. The van der Waals surface area contributed by atoms with Gasteiger partial charge in [0.25, 0.3) is 0 Å². The van der Waals surface area contributed by atoms with Crippen molar-refractivity contribution in [3.63, 3.8) is 0 Å². The maximum atomic E-state index is 11.3. The Labute approximate surface area is 114 Å². The quantitative estimate of drug-likeness (QED) is 0.911. The molecule has 1 unspecified atom stereocenters. The number of methoxy groups -OCH3 is 1. The Kier molecular flexibility index (Phi) is 3.80. The molecule has 1 aliphatic heterocycles. The number of carboxylic acid groups (broad SMARTS) is 1. The Morgan fingerprint density at radius 2 is 2.21 bits per heavy atom. The molecule has 104 valence electrons. The highest BCUT2D eigenvalue weighted by molar-refractivity contribution is 5.94. The van der Waals surface area contributed by atoms with Gasteiger partial charge < -0.3 is 14.7 Å². The highest BCUT2D eigenvalue weighted by Crippen LogP contribution is 2.30. The van der Waals surface area contributed by atoms with Gasteiger partial charge in [-0.25, -0.2) is 4.79 Å². The molecule has 0 aliphatic carbocycles. The molecule has 0 bridgehead atoms. The molecule has 1 N–H and O–H groups in total. The molecule has 4 nitrogen and oxygen atoms in total. The number of ether oxygens (including phenoxy) is 1. The fraction of sp³-hybridized carbons (Fsp3) is 0.533. The van der Waals surface area contributed by atoms with Crippen LogP contribution < -0.4 is 4.90 Å². The molecule has 1 aromatic carbocycles. The van der Waals surface area contributed by atoms with Crippen LogP contribution in [0.15, 0.2) is 18.2 Å². The number of benzene rings is 1. The fourth-order valence-electron chi connectivity index (χ4n) is 2.66. The van der Waals surface area contributed by atoms with E-state index in [9.17, 15) is 9.90 Å². The van der Waals surface area contributed by atoms with E-state index in [1.807, 2.05) is 19.1 Å². The third-order valence-electron chi connectivity index (χ3n) is 3.88. The summed E-state index contributed by atoms with van der Waals surface area (Å²) in [4.78, 5) is 13.5. The zero-order valence-electron chi connectivity index (χ0n) is 11.8. The Morgan fingerprint density at radius 1 is 1.47 bits per heavy atom. The van der Waals surface area contributed by atoms with Gasteiger partial charge in [-0.3, -0.25) is 0 Å². The maximum absolute atomic E-state index is 11.3. The summed E-state index contributed by atoms with van der Waals surface area (Å²) in [5, 5.41) is 9.32. The van der Waals surface area contributed by atoms with E-state index >= 15 is 0 Å². The van der Waals surface area contributed by atoms with Gasteiger partial charge in [-0.15, -0.1) is 0 Å². The van der Waals surface area contributed by atoms with Crippen LogP contribution in [0.5, 0.6) is 0 Å². The Bertz CT molecular complexity index is 486.